The van der Waals surface area contributed by atoms with Gasteiger partial charge in [-0.3, -0.25) is 0 Å². The molecule has 0 aromatic heterocycles. The number of unbranched alkanes of at least 4 members (excludes halogenated alkanes) is 1. The van der Waals surface area contributed by atoms with Gasteiger partial charge in [0.2, 0.25) is 0 Å². The average molecular weight is 397 g/mol. The maximum Gasteiger partial charge on any atom is 0.326 e. The van der Waals surface area contributed by atoms with Gasteiger partial charge in [-0.25, -0.2) is 9.59 Å². The Kier molecular flexibility index (Phi) is 8.72. The highest BCUT2D eigenvalue weighted by atomic mass is 16.5. The van der Waals surface area contributed by atoms with E-state index in [4.69, 9.17) is 10.5 Å². The van der Waals surface area contributed by atoms with Crippen molar-refractivity contribution in [2.75, 3.05) is 19.0 Å². The summed E-state index contributed by atoms with van der Waals surface area (Å²) in [5.74, 6) is -0.253. The van der Waals surface area contributed by atoms with Gasteiger partial charge >= 0.3 is 12.0 Å². The summed E-state index contributed by atoms with van der Waals surface area (Å²) in [5, 5.41) is 14.4. The van der Waals surface area contributed by atoms with E-state index in [0.29, 0.717) is 25.1 Å². The minimum absolute atomic E-state index is 0.342. The molecule has 29 heavy (non-hydrogen) atoms. The number of aliphatic carboxylic acids is 1. The van der Waals surface area contributed by atoms with Crippen LogP contribution in [0.25, 0.3) is 12.2 Å². The summed E-state index contributed by atoms with van der Waals surface area (Å²) in [4.78, 5) is 23.3. The number of methoxy groups -OCH3 is 1. The number of carboxylic acid groups (broad SMARTS) is 1. The van der Waals surface area contributed by atoms with E-state index in [0.717, 1.165) is 23.3 Å². The quantitative estimate of drug-likeness (QED) is 0.361. The minimum atomic E-state index is -1.06. The van der Waals surface area contributed by atoms with E-state index >= 15 is 0 Å². The number of rotatable bonds is 10. The molecule has 0 radical (unpaired) electrons. The number of ether oxygens (including phenoxy) is 1. The number of urea groups is 1. The normalized spacial score (nSPS) is 11.8. The van der Waals surface area contributed by atoms with Crippen molar-refractivity contribution in [1.82, 2.24) is 5.32 Å². The van der Waals surface area contributed by atoms with Crippen LogP contribution >= 0.6 is 0 Å². The van der Waals surface area contributed by atoms with E-state index in [1.807, 2.05) is 48.6 Å². The topological polar surface area (TPSA) is 114 Å². The molecule has 0 aliphatic heterocycles. The first-order chi connectivity index (χ1) is 14.0. The Balaban J connectivity index is 1.89. The van der Waals surface area contributed by atoms with Gasteiger partial charge in [0.15, 0.2) is 0 Å². The van der Waals surface area contributed by atoms with E-state index in [1.54, 1.807) is 19.2 Å². The number of anilines is 1. The zero-order valence-corrected chi connectivity index (χ0v) is 16.4. The molecule has 2 aromatic carbocycles. The molecule has 7 nitrogen and oxygen atoms in total. The zero-order chi connectivity index (χ0) is 21.1. The third kappa shape index (κ3) is 7.67. The molecule has 0 saturated heterocycles. The summed E-state index contributed by atoms with van der Waals surface area (Å²) in [6.07, 6.45) is 5.65. The number of nitrogens with one attached hydrogen (secondary N) is 2. The Labute approximate surface area is 170 Å². The maximum absolute atomic E-state index is 12.1. The molecule has 5 N–H and O–H groups in total. The first-order valence-electron chi connectivity index (χ1n) is 9.44. The van der Waals surface area contributed by atoms with Crippen LogP contribution < -0.4 is 21.1 Å². The van der Waals surface area contributed by atoms with Crippen molar-refractivity contribution in [1.29, 1.82) is 0 Å². The first-order valence-corrected chi connectivity index (χ1v) is 9.44. The van der Waals surface area contributed by atoms with Crippen LogP contribution in [0.5, 0.6) is 5.75 Å². The van der Waals surface area contributed by atoms with Crippen molar-refractivity contribution in [2.24, 2.45) is 5.73 Å². The second-order valence-corrected chi connectivity index (χ2v) is 6.50. The molecule has 1 atom stereocenters. The summed E-state index contributed by atoms with van der Waals surface area (Å²) in [6.45, 7) is 0.498. The number of amides is 2. The van der Waals surface area contributed by atoms with E-state index in [2.05, 4.69) is 10.6 Å². The Morgan fingerprint density at radius 3 is 2.14 bits per heavy atom. The van der Waals surface area contributed by atoms with Crippen LogP contribution in [0.4, 0.5) is 10.5 Å². The van der Waals surface area contributed by atoms with Crippen LogP contribution in [0.1, 0.15) is 30.4 Å². The number of carbonyl (C=O) groups excluding carboxylic acids is 1. The standard InChI is InChI=1S/C22H27N3O4/c1-29-19-13-9-17(10-14-19)6-5-16-7-11-18(12-8-16)24-22(28)25-20(21(26)27)4-2-3-15-23/h5-14,20H,2-4,15,23H2,1H3,(H,26,27)(H2,24,25,28)/b6-5+/t20-/m0/s1. The molecule has 7 heteroatoms. The zero-order valence-electron chi connectivity index (χ0n) is 16.4. The van der Waals surface area contributed by atoms with Gasteiger partial charge in [0.1, 0.15) is 11.8 Å². The van der Waals surface area contributed by atoms with Crippen molar-refractivity contribution in [3.05, 3.63) is 59.7 Å². The lowest BCUT2D eigenvalue weighted by Gasteiger charge is -2.15. The summed E-state index contributed by atoms with van der Waals surface area (Å²) in [7, 11) is 1.63. The Bertz CT molecular complexity index is 817. The molecular formula is C22H27N3O4. The lowest BCUT2D eigenvalue weighted by atomic mass is 10.1. The highest BCUT2D eigenvalue weighted by Crippen LogP contribution is 2.15. The second kappa shape index (κ2) is 11.5. The lowest BCUT2D eigenvalue weighted by Crippen LogP contribution is -2.43. The third-order valence-corrected chi connectivity index (χ3v) is 4.30. The minimum Gasteiger partial charge on any atom is -0.497 e. The molecule has 0 saturated carbocycles. The van der Waals surface area contributed by atoms with Crippen LogP contribution in [-0.4, -0.2) is 36.8 Å². The van der Waals surface area contributed by atoms with E-state index in [-0.39, 0.29) is 0 Å². The number of carbonyl (C=O) groups is 2. The molecule has 2 rings (SSSR count). The van der Waals surface area contributed by atoms with Gasteiger partial charge < -0.3 is 26.2 Å². The van der Waals surface area contributed by atoms with Crippen LogP contribution in [0, 0.1) is 0 Å². The van der Waals surface area contributed by atoms with Crippen LogP contribution in [-0.2, 0) is 4.79 Å². The predicted molar refractivity (Wildman–Crippen MR) is 115 cm³/mol. The van der Waals surface area contributed by atoms with E-state index in [9.17, 15) is 14.7 Å². The molecule has 2 aromatic rings. The number of benzene rings is 2. The number of nitrogens with two attached hydrogens (primary N) is 1. The fourth-order valence-corrected chi connectivity index (χ4v) is 2.66. The Morgan fingerprint density at radius 1 is 1.03 bits per heavy atom. The van der Waals surface area contributed by atoms with Crippen molar-refractivity contribution in [3.63, 3.8) is 0 Å². The fourth-order valence-electron chi connectivity index (χ4n) is 2.66. The van der Waals surface area contributed by atoms with Gasteiger partial charge in [-0.05, 0) is 61.2 Å². The van der Waals surface area contributed by atoms with Gasteiger partial charge in [0, 0.05) is 5.69 Å². The summed E-state index contributed by atoms with van der Waals surface area (Å²) >= 11 is 0. The fraction of sp³-hybridized carbons (Fsp3) is 0.273. The van der Waals surface area contributed by atoms with E-state index in [1.165, 1.54) is 0 Å². The molecular weight excluding hydrogens is 370 g/mol. The highest BCUT2D eigenvalue weighted by molar-refractivity contribution is 5.92. The molecule has 0 fully saturated rings. The molecule has 0 heterocycles. The van der Waals surface area contributed by atoms with Crippen molar-refractivity contribution >= 4 is 29.8 Å². The highest BCUT2D eigenvalue weighted by Gasteiger charge is 2.19. The largest absolute Gasteiger partial charge is 0.497 e. The number of hydrogen-bond acceptors (Lipinski definition) is 4. The predicted octanol–water partition coefficient (Wildman–Crippen LogP) is 3.57. The molecule has 0 bridgehead atoms. The Morgan fingerprint density at radius 2 is 1.62 bits per heavy atom. The molecule has 0 aliphatic carbocycles. The maximum atomic E-state index is 12.1. The smallest absolute Gasteiger partial charge is 0.326 e. The third-order valence-electron chi connectivity index (χ3n) is 4.30. The SMILES string of the molecule is COc1ccc(/C=C/c2ccc(NC(=O)N[C@@H](CCCCN)C(=O)O)cc2)cc1. The van der Waals surface area contributed by atoms with Gasteiger partial charge in [0.25, 0.3) is 0 Å². The summed E-state index contributed by atoms with van der Waals surface area (Å²) in [6, 6.07) is 13.5. The van der Waals surface area contributed by atoms with Crippen LogP contribution in [0.15, 0.2) is 48.5 Å². The number of carboxylic acids is 1. The molecule has 0 aliphatic rings. The molecule has 154 valence electrons. The average Bonchev–Trinajstić information content (AvgIpc) is 2.73. The summed E-state index contributed by atoms with van der Waals surface area (Å²) < 4.78 is 5.14. The van der Waals surface area contributed by atoms with Crippen LogP contribution in [0.2, 0.25) is 0 Å². The molecule has 2 amide bonds. The molecule has 0 unspecified atom stereocenters. The van der Waals surface area contributed by atoms with Crippen molar-refractivity contribution in [2.45, 2.75) is 25.3 Å². The lowest BCUT2D eigenvalue weighted by molar-refractivity contribution is -0.139. The van der Waals surface area contributed by atoms with E-state index < -0.39 is 18.0 Å². The van der Waals surface area contributed by atoms with Gasteiger partial charge in [-0.1, -0.05) is 36.4 Å². The second-order valence-electron chi connectivity index (χ2n) is 6.50. The van der Waals surface area contributed by atoms with Crippen molar-refractivity contribution in [3.8, 4) is 5.75 Å². The van der Waals surface area contributed by atoms with Crippen molar-refractivity contribution < 1.29 is 19.4 Å². The molecule has 0 spiro atoms. The van der Waals surface area contributed by atoms with Crippen LogP contribution in [0.3, 0.4) is 0 Å². The first kappa shape index (κ1) is 22.0. The Hall–Kier alpha value is -3.32. The van der Waals surface area contributed by atoms with Gasteiger partial charge in [-0.15, -0.1) is 0 Å². The van der Waals surface area contributed by atoms with Gasteiger partial charge in [0.05, 0.1) is 7.11 Å². The number of hydrogen-bond donors (Lipinski definition) is 4. The summed E-state index contributed by atoms with van der Waals surface area (Å²) in [5.41, 5.74) is 8.01. The van der Waals surface area contributed by atoms with Gasteiger partial charge in [-0.2, -0.15) is 0 Å². The monoisotopic (exact) mass is 397 g/mol.